The second-order valence-corrected chi connectivity index (χ2v) is 7.57. The van der Waals surface area contributed by atoms with Crippen molar-refractivity contribution in [3.63, 3.8) is 0 Å². The Kier molecular flexibility index (Phi) is 5.11. The van der Waals surface area contributed by atoms with E-state index in [1.54, 1.807) is 0 Å². The Balaban J connectivity index is 1.59. The van der Waals surface area contributed by atoms with Gasteiger partial charge in [0.1, 0.15) is 0 Å². The van der Waals surface area contributed by atoms with Crippen molar-refractivity contribution in [2.24, 2.45) is 0 Å². The Morgan fingerprint density at radius 3 is 2.61 bits per heavy atom. The van der Waals surface area contributed by atoms with E-state index in [2.05, 4.69) is 24.4 Å². The van der Waals surface area contributed by atoms with Crippen molar-refractivity contribution in [2.75, 3.05) is 13.7 Å². The van der Waals surface area contributed by atoms with Gasteiger partial charge in [-0.25, -0.2) is 4.98 Å². The summed E-state index contributed by atoms with van der Waals surface area (Å²) in [7, 11) is -0.662. The van der Waals surface area contributed by atoms with E-state index >= 15 is 0 Å². The molecule has 0 spiro atoms. The molecule has 1 unspecified atom stereocenters. The lowest BCUT2D eigenvalue weighted by Gasteiger charge is -2.15. The number of imidazole rings is 1. The van der Waals surface area contributed by atoms with Crippen molar-refractivity contribution < 1.29 is 45.1 Å². The maximum Gasteiger partial charge on any atom is 0.586 e. The number of halogens is 5. The van der Waals surface area contributed by atoms with Gasteiger partial charge in [0, 0.05) is 24.4 Å². The number of hydrogen-bond acceptors (Lipinski definition) is 7. The van der Waals surface area contributed by atoms with Gasteiger partial charge in [0.15, 0.2) is 34.8 Å². The third kappa shape index (κ3) is 4.47. The number of nitrogens with one attached hydrogen (secondary N) is 1. The average molecular weight is 465 g/mol. The van der Waals surface area contributed by atoms with Gasteiger partial charge in [0.2, 0.25) is 0 Å². The Morgan fingerprint density at radius 2 is 1.94 bits per heavy atom. The lowest BCUT2D eigenvalue weighted by molar-refractivity contribution is -0.286. The van der Waals surface area contributed by atoms with E-state index in [1.165, 1.54) is 31.5 Å². The van der Waals surface area contributed by atoms with Crippen LogP contribution in [0.4, 0.5) is 22.0 Å². The van der Waals surface area contributed by atoms with Crippen molar-refractivity contribution in [1.29, 1.82) is 0 Å². The molecule has 0 saturated heterocycles. The number of nitrogens with zero attached hydrogens (tertiary/aromatic N) is 2. The van der Waals surface area contributed by atoms with Crippen LogP contribution in [0.15, 0.2) is 29.6 Å². The molecule has 3 aromatic rings. The summed E-state index contributed by atoms with van der Waals surface area (Å²) >= 11 is 0. The van der Waals surface area contributed by atoms with Gasteiger partial charge in [-0.05, 0) is 0 Å². The fraction of sp³-hybridized carbons (Fsp3) is 0.294. The zero-order valence-corrected chi connectivity index (χ0v) is 16.3. The number of aromatic nitrogens is 3. The zero-order valence-electron chi connectivity index (χ0n) is 15.5. The average Bonchev–Trinajstić information content (AvgIpc) is 3.21. The van der Waals surface area contributed by atoms with E-state index in [9.17, 15) is 26.2 Å². The predicted octanol–water partition coefficient (Wildman–Crippen LogP) is 3.54. The molecule has 3 heterocycles. The molecular weight excluding hydrogens is 453 g/mol. The molecule has 166 valence electrons. The molecule has 0 amide bonds. The van der Waals surface area contributed by atoms with Crippen molar-refractivity contribution in [2.45, 2.75) is 23.4 Å². The molecule has 31 heavy (non-hydrogen) atoms. The molecule has 0 bridgehead atoms. The van der Waals surface area contributed by atoms with Gasteiger partial charge in [-0.1, -0.05) is 0 Å². The molecule has 14 heteroatoms. The van der Waals surface area contributed by atoms with Gasteiger partial charge in [0.25, 0.3) is 0 Å². The molecule has 1 aromatic carbocycles. The minimum Gasteiger partial charge on any atom is -0.493 e. The molecule has 8 nitrogen and oxygen atoms in total. The Hall–Kier alpha value is -3.16. The number of alkyl halides is 5. The number of ether oxygens (including phenoxy) is 4. The quantitative estimate of drug-likeness (QED) is 0.557. The third-order valence-electron chi connectivity index (χ3n) is 4.01. The predicted molar refractivity (Wildman–Crippen MR) is 94.7 cm³/mol. The molecule has 4 rings (SSSR count). The van der Waals surface area contributed by atoms with E-state index in [0.717, 1.165) is 0 Å². The summed E-state index contributed by atoms with van der Waals surface area (Å²) < 4.78 is 95.3. The minimum absolute atomic E-state index is 0.0116. The van der Waals surface area contributed by atoms with E-state index in [4.69, 9.17) is 9.47 Å². The van der Waals surface area contributed by atoms with Crippen molar-refractivity contribution in [1.82, 2.24) is 15.0 Å². The molecule has 1 aliphatic rings. The van der Waals surface area contributed by atoms with Crippen LogP contribution < -0.4 is 18.9 Å². The third-order valence-corrected chi connectivity index (χ3v) is 5.17. The zero-order chi connectivity index (χ0) is 22.4. The molecule has 1 N–H and O–H groups in total. The second-order valence-electron chi connectivity index (χ2n) is 6.21. The van der Waals surface area contributed by atoms with Crippen LogP contribution in [0, 0.1) is 0 Å². The topological polar surface area (TPSA) is 95.6 Å². The maximum absolute atomic E-state index is 13.2. The first kappa shape index (κ1) is 21.1. The first-order valence-electron chi connectivity index (χ1n) is 8.44. The molecule has 1 aliphatic heterocycles. The number of fused-ring (bicyclic) bond motifs is 2. The van der Waals surface area contributed by atoms with E-state index in [0.29, 0.717) is 0 Å². The number of pyridine rings is 1. The number of H-pyrrole nitrogens is 1. The van der Waals surface area contributed by atoms with Crippen LogP contribution in [0.2, 0.25) is 0 Å². The highest BCUT2D eigenvalue weighted by Crippen LogP contribution is 2.43. The van der Waals surface area contributed by atoms with Crippen LogP contribution in [-0.2, 0) is 16.6 Å². The van der Waals surface area contributed by atoms with Gasteiger partial charge < -0.3 is 23.9 Å². The Labute approximate surface area is 172 Å². The van der Waals surface area contributed by atoms with Crippen LogP contribution in [0.3, 0.4) is 0 Å². The van der Waals surface area contributed by atoms with Crippen molar-refractivity contribution in [3.05, 3.63) is 30.1 Å². The van der Waals surface area contributed by atoms with E-state index in [-0.39, 0.29) is 50.6 Å². The van der Waals surface area contributed by atoms with E-state index < -0.39 is 29.9 Å². The summed E-state index contributed by atoms with van der Waals surface area (Å²) in [4.78, 5) is 10.7. The van der Waals surface area contributed by atoms with Gasteiger partial charge in [-0.15, -0.1) is 8.78 Å². The van der Waals surface area contributed by atoms with E-state index in [1.807, 2.05) is 0 Å². The normalized spacial score (nSPS) is 15.8. The molecule has 1 atom stereocenters. The van der Waals surface area contributed by atoms with Crippen LogP contribution >= 0.6 is 0 Å². The number of aromatic amines is 1. The minimum atomic E-state index is -4.60. The summed E-state index contributed by atoms with van der Waals surface area (Å²) in [6, 6.07) is 3.70. The first-order valence-corrected chi connectivity index (χ1v) is 9.76. The smallest absolute Gasteiger partial charge is 0.493 e. The van der Waals surface area contributed by atoms with Crippen molar-refractivity contribution in [3.8, 4) is 23.0 Å². The largest absolute Gasteiger partial charge is 0.586 e. The van der Waals surface area contributed by atoms with Crippen LogP contribution in [0.5, 0.6) is 23.0 Å². The SMILES string of the molecule is COc1ccnc(CS(=O)c2nc3cc4c(cc3[nH]2)OC(F)(F)O4)c1OCC(F)(F)F. The monoisotopic (exact) mass is 465 g/mol. The molecule has 0 aliphatic carbocycles. The molecule has 0 fully saturated rings. The van der Waals surface area contributed by atoms with Crippen LogP contribution in [0.1, 0.15) is 5.69 Å². The molecule has 2 aromatic heterocycles. The highest BCUT2D eigenvalue weighted by molar-refractivity contribution is 7.84. The summed E-state index contributed by atoms with van der Waals surface area (Å²) in [5.74, 6) is -1.12. The lowest BCUT2D eigenvalue weighted by Crippen LogP contribution is -2.25. The standard InChI is InChI=1S/C17H12F5N3O5S/c1-27-11-2-3-23-10(14(11)28-7-16(18,19)20)6-31(26)15-24-8-4-12-13(5-9(8)25-15)30-17(21,22)29-12/h2-5H,6-7H2,1H3,(H,24,25). The summed E-state index contributed by atoms with van der Waals surface area (Å²) in [5.41, 5.74) is 0.377. The number of hydrogen-bond donors (Lipinski definition) is 1. The van der Waals surface area contributed by atoms with Crippen LogP contribution in [0.25, 0.3) is 11.0 Å². The summed E-state index contributed by atoms with van der Waals surface area (Å²) in [5, 5.41) is -0.0585. The summed E-state index contributed by atoms with van der Waals surface area (Å²) in [6.45, 7) is -1.59. The fourth-order valence-corrected chi connectivity index (χ4v) is 3.79. The molecule has 0 saturated carbocycles. The van der Waals surface area contributed by atoms with Gasteiger partial charge >= 0.3 is 12.5 Å². The number of rotatable bonds is 6. The summed E-state index contributed by atoms with van der Waals surface area (Å²) in [6.07, 6.45) is -7.13. The lowest BCUT2D eigenvalue weighted by atomic mass is 10.3. The second kappa shape index (κ2) is 7.51. The number of benzene rings is 1. The van der Waals surface area contributed by atoms with Crippen molar-refractivity contribution >= 4 is 21.8 Å². The van der Waals surface area contributed by atoms with Gasteiger partial charge in [-0.3, -0.25) is 9.19 Å². The number of methoxy groups -OCH3 is 1. The Bertz CT molecular complexity index is 1120. The molecule has 0 radical (unpaired) electrons. The van der Waals surface area contributed by atoms with Gasteiger partial charge in [0.05, 0.1) is 40.4 Å². The first-order chi connectivity index (χ1) is 14.5. The maximum atomic E-state index is 13.2. The fourth-order valence-electron chi connectivity index (χ4n) is 2.77. The van der Waals surface area contributed by atoms with Crippen LogP contribution in [-0.4, -0.2) is 45.3 Å². The van der Waals surface area contributed by atoms with Gasteiger partial charge in [-0.2, -0.15) is 13.2 Å². The Morgan fingerprint density at radius 1 is 1.23 bits per heavy atom. The highest BCUT2D eigenvalue weighted by atomic mass is 32.2. The molecular formula is C17H12F5N3O5S. The highest BCUT2D eigenvalue weighted by Gasteiger charge is 2.43.